The van der Waals surface area contributed by atoms with Gasteiger partial charge in [-0.1, -0.05) is 17.7 Å². The molecule has 0 unspecified atom stereocenters. The number of nitrogens with two attached hydrogens (primary N) is 1. The van der Waals surface area contributed by atoms with Gasteiger partial charge in [-0.3, -0.25) is 4.90 Å². The van der Waals surface area contributed by atoms with Crippen molar-refractivity contribution in [3.05, 3.63) is 56.4 Å². The molecular formula is C17H19BrN6S. The van der Waals surface area contributed by atoms with Crippen LogP contribution in [0.4, 0.5) is 17.6 Å². The lowest BCUT2D eigenvalue weighted by Crippen LogP contribution is -2.19. The highest BCUT2D eigenvalue weighted by molar-refractivity contribution is 9.11. The average Bonchev–Trinajstić information content (AvgIpc) is 2.94. The van der Waals surface area contributed by atoms with Gasteiger partial charge in [0.15, 0.2) is 0 Å². The summed E-state index contributed by atoms with van der Waals surface area (Å²) < 4.78 is 1.13. The van der Waals surface area contributed by atoms with Crippen LogP contribution in [-0.4, -0.2) is 26.9 Å². The van der Waals surface area contributed by atoms with E-state index in [1.165, 1.54) is 10.4 Å². The van der Waals surface area contributed by atoms with Crippen molar-refractivity contribution in [2.45, 2.75) is 20.0 Å². The topological polar surface area (TPSA) is 80.0 Å². The van der Waals surface area contributed by atoms with Gasteiger partial charge in [0.25, 0.3) is 0 Å². The first kappa shape index (κ1) is 17.8. The molecular weight excluding hydrogens is 400 g/mol. The molecule has 2 aromatic heterocycles. The number of thiophene rings is 1. The fourth-order valence-electron chi connectivity index (χ4n) is 2.33. The molecule has 3 aromatic rings. The summed E-state index contributed by atoms with van der Waals surface area (Å²) in [5.74, 6) is 1.31. The Hall–Kier alpha value is -2.03. The van der Waals surface area contributed by atoms with E-state index in [9.17, 15) is 0 Å². The van der Waals surface area contributed by atoms with Gasteiger partial charge in [0.05, 0.1) is 10.3 Å². The van der Waals surface area contributed by atoms with E-state index in [0.717, 1.165) is 16.0 Å². The molecule has 2 heterocycles. The quantitative estimate of drug-likeness (QED) is 0.630. The first-order chi connectivity index (χ1) is 12.0. The zero-order valence-electron chi connectivity index (χ0n) is 14.0. The van der Waals surface area contributed by atoms with Crippen molar-refractivity contribution in [1.82, 2.24) is 19.9 Å². The van der Waals surface area contributed by atoms with Crippen LogP contribution in [0.1, 0.15) is 16.3 Å². The highest BCUT2D eigenvalue weighted by Crippen LogP contribution is 2.23. The van der Waals surface area contributed by atoms with Gasteiger partial charge < -0.3 is 11.1 Å². The van der Waals surface area contributed by atoms with Crippen LogP contribution in [0.5, 0.6) is 0 Å². The molecule has 0 aliphatic carbocycles. The Morgan fingerprint density at radius 2 is 1.84 bits per heavy atom. The van der Waals surface area contributed by atoms with E-state index in [2.05, 4.69) is 53.2 Å². The first-order valence-corrected chi connectivity index (χ1v) is 9.36. The van der Waals surface area contributed by atoms with Crippen molar-refractivity contribution < 1.29 is 0 Å². The number of benzene rings is 1. The third-order valence-electron chi connectivity index (χ3n) is 3.47. The molecule has 0 aliphatic rings. The number of rotatable bonds is 6. The molecule has 0 spiro atoms. The molecule has 0 amide bonds. The van der Waals surface area contributed by atoms with Gasteiger partial charge in [0.2, 0.25) is 11.9 Å². The Balaban J connectivity index is 1.69. The second-order valence-corrected chi connectivity index (χ2v) is 8.35. The minimum Gasteiger partial charge on any atom is -0.368 e. The summed E-state index contributed by atoms with van der Waals surface area (Å²) in [7, 11) is 2.03. The lowest BCUT2D eigenvalue weighted by molar-refractivity contribution is 0.313. The first-order valence-electron chi connectivity index (χ1n) is 7.75. The summed E-state index contributed by atoms with van der Waals surface area (Å²) in [6, 6.07) is 12.2. The van der Waals surface area contributed by atoms with Crippen LogP contribution in [0.25, 0.3) is 0 Å². The number of nitrogen functional groups attached to an aromatic ring is 1. The number of hydrogen-bond donors (Lipinski definition) is 2. The van der Waals surface area contributed by atoms with E-state index in [0.29, 0.717) is 18.3 Å². The summed E-state index contributed by atoms with van der Waals surface area (Å²) in [6.45, 7) is 3.46. The van der Waals surface area contributed by atoms with E-state index in [-0.39, 0.29) is 5.95 Å². The number of halogens is 1. The monoisotopic (exact) mass is 418 g/mol. The highest BCUT2D eigenvalue weighted by atomic mass is 79.9. The van der Waals surface area contributed by atoms with Crippen molar-refractivity contribution >= 4 is 44.9 Å². The van der Waals surface area contributed by atoms with Crippen molar-refractivity contribution in [2.24, 2.45) is 0 Å². The SMILES string of the molecule is Cc1ccc(Nc2nc(N)nc(CN(C)Cc3ccc(Br)s3)n2)cc1. The zero-order valence-corrected chi connectivity index (χ0v) is 16.4. The molecule has 3 rings (SSSR count). The minimum absolute atomic E-state index is 0.215. The number of aryl methyl sites for hydroxylation is 1. The second-order valence-electron chi connectivity index (χ2n) is 5.80. The standard InChI is InChI=1S/C17H19BrN6S/c1-11-3-5-12(6-4-11)20-17-22-15(21-16(19)23-17)10-24(2)9-13-7-8-14(18)25-13/h3-8H,9-10H2,1-2H3,(H3,19,20,21,22,23). The summed E-state index contributed by atoms with van der Waals surface area (Å²) >= 11 is 5.21. The van der Waals surface area contributed by atoms with Crippen LogP contribution in [0, 0.1) is 6.92 Å². The van der Waals surface area contributed by atoms with Gasteiger partial charge >= 0.3 is 0 Å². The third-order valence-corrected chi connectivity index (χ3v) is 5.08. The van der Waals surface area contributed by atoms with Crippen molar-refractivity contribution in [3.8, 4) is 0 Å². The molecule has 25 heavy (non-hydrogen) atoms. The van der Waals surface area contributed by atoms with Crippen molar-refractivity contribution in [2.75, 3.05) is 18.1 Å². The Kier molecular flexibility index (Phi) is 5.62. The fourth-order valence-corrected chi connectivity index (χ4v) is 3.89. The number of nitrogens with zero attached hydrogens (tertiary/aromatic N) is 4. The van der Waals surface area contributed by atoms with Gasteiger partial charge in [-0.25, -0.2) is 0 Å². The van der Waals surface area contributed by atoms with E-state index in [1.54, 1.807) is 11.3 Å². The molecule has 6 nitrogen and oxygen atoms in total. The van der Waals surface area contributed by atoms with Crippen molar-refractivity contribution in [1.29, 1.82) is 0 Å². The molecule has 0 aliphatic heterocycles. The van der Waals surface area contributed by atoms with Crippen LogP contribution in [0.15, 0.2) is 40.2 Å². The van der Waals surface area contributed by atoms with Crippen LogP contribution in [0.2, 0.25) is 0 Å². The summed E-state index contributed by atoms with van der Waals surface area (Å²) in [4.78, 5) is 16.3. The molecule has 130 valence electrons. The number of anilines is 3. The zero-order chi connectivity index (χ0) is 17.8. The molecule has 0 saturated carbocycles. The second kappa shape index (κ2) is 7.90. The van der Waals surface area contributed by atoms with Crippen LogP contribution < -0.4 is 11.1 Å². The smallest absolute Gasteiger partial charge is 0.232 e. The highest BCUT2D eigenvalue weighted by Gasteiger charge is 2.09. The molecule has 0 radical (unpaired) electrons. The Bertz CT molecular complexity index is 849. The molecule has 8 heteroatoms. The normalized spacial score (nSPS) is 11.0. The molecule has 0 saturated heterocycles. The van der Waals surface area contributed by atoms with Gasteiger partial charge in [-0.15, -0.1) is 11.3 Å². The maximum Gasteiger partial charge on any atom is 0.232 e. The molecule has 3 N–H and O–H groups in total. The van der Waals surface area contributed by atoms with Gasteiger partial charge in [-0.2, -0.15) is 15.0 Å². The maximum absolute atomic E-state index is 5.84. The number of hydrogen-bond acceptors (Lipinski definition) is 7. The number of nitrogens with one attached hydrogen (secondary N) is 1. The average molecular weight is 419 g/mol. The van der Waals surface area contributed by atoms with Crippen LogP contribution in [0.3, 0.4) is 0 Å². The molecule has 1 aromatic carbocycles. The van der Waals surface area contributed by atoms with E-state index >= 15 is 0 Å². The lowest BCUT2D eigenvalue weighted by Gasteiger charge is -2.15. The number of aromatic nitrogens is 3. The fraction of sp³-hybridized carbons (Fsp3) is 0.235. The van der Waals surface area contributed by atoms with Crippen LogP contribution >= 0.6 is 27.3 Å². The van der Waals surface area contributed by atoms with Gasteiger partial charge in [0.1, 0.15) is 5.82 Å². The Labute approximate surface area is 159 Å². The predicted molar refractivity (Wildman–Crippen MR) is 106 cm³/mol. The van der Waals surface area contributed by atoms with Gasteiger partial charge in [-0.05, 0) is 54.2 Å². The maximum atomic E-state index is 5.84. The summed E-state index contributed by atoms with van der Waals surface area (Å²) in [5, 5.41) is 3.17. The van der Waals surface area contributed by atoms with E-state index in [1.807, 2.05) is 38.2 Å². The Morgan fingerprint density at radius 3 is 2.52 bits per heavy atom. The van der Waals surface area contributed by atoms with Gasteiger partial charge in [0, 0.05) is 17.1 Å². The predicted octanol–water partition coefficient (Wildman–Crippen LogP) is 3.96. The van der Waals surface area contributed by atoms with E-state index in [4.69, 9.17) is 5.73 Å². The van der Waals surface area contributed by atoms with E-state index < -0.39 is 0 Å². The molecule has 0 atom stereocenters. The molecule has 0 bridgehead atoms. The summed E-state index contributed by atoms with van der Waals surface area (Å²) in [5.41, 5.74) is 7.96. The van der Waals surface area contributed by atoms with Crippen LogP contribution in [-0.2, 0) is 13.1 Å². The molecule has 0 fully saturated rings. The lowest BCUT2D eigenvalue weighted by atomic mass is 10.2. The van der Waals surface area contributed by atoms with Crippen molar-refractivity contribution in [3.63, 3.8) is 0 Å². The largest absolute Gasteiger partial charge is 0.368 e. The third kappa shape index (κ3) is 5.22. The summed E-state index contributed by atoms with van der Waals surface area (Å²) in [6.07, 6.45) is 0. The Morgan fingerprint density at radius 1 is 1.08 bits per heavy atom. The minimum atomic E-state index is 0.215.